The van der Waals surface area contributed by atoms with E-state index in [9.17, 15) is 13.2 Å². The second-order valence-electron chi connectivity index (χ2n) is 6.88. The minimum atomic E-state index is -3.33. The number of aryl methyl sites for hydroxylation is 1. The highest BCUT2D eigenvalue weighted by atomic mass is 35.5. The number of hydrogen-bond acceptors (Lipinski definition) is 3. The quantitative estimate of drug-likeness (QED) is 0.699. The highest BCUT2D eigenvalue weighted by molar-refractivity contribution is 7.92. The summed E-state index contributed by atoms with van der Waals surface area (Å²) in [4.78, 5) is 12.8. The summed E-state index contributed by atoms with van der Waals surface area (Å²) in [7, 11) is -1.38. The third-order valence-corrected chi connectivity index (χ3v) is 7.19. The molecule has 6 nitrogen and oxygen atoms in total. The van der Waals surface area contributed by atoms with E-state index in [1.807, 2.05) is 42.1 Å². The van der Waals surface area contributed by atoms with Gasteiger partial charge in [0, 0.05) is 30.7 Å². The molecule has 0 bridgehead atoms. The summed E-state index contributed by atoms with van der Waals surface area (Å²) in [6.07, 6.45) is 3.40. The SMILES string of the molecule is Cn1ccc2c(NC(=O)c3ccc(N4CCCCS4(=O)=O)cc3Cl)cccc21. The molecule has 0 unspecified atom stereocenters. The van der Waals surface area contributed by atoms with E-state index in [1.165, 1.54) is 4.31 Å². The van der Waals surface area contributed by atoms with Crippen molar-refractivity contribution in [2.45, 2.75) is 12.8 Å². The first-order valence-corrected chi connectivity index (χ1v) is 11.0. The Labute approximate surface area is 168 Å². The van der Waals surface area contributed by atoms with Crippen molar-refractivity contribution < 1.29 is 13.2 Å². The van der Waals surface area contributed by atoms with Crippen LogP contribution in [0.25, 0.3) is 10.9 Å². The molecule has 1 aliphatic heterocycles. The lowest BCUT2D eigenvalue weighted by molar-refractivity contribution is 0.102. The largest absolute Gasteiger partial charge is 0.350 e. The van der Waals surface area contributed by atoms with Crippen molar-refractivity contribution in [2.24, 2.45) is 7.05 Å². The van der Waals surface area contributed by atoms with Gasteiger partial charge in [-0.2, -0.15) is 0 Å². The number of carbonyl (C=O) groups is 1. The van der Waals surface area contributed by atoms with Crippen molar-refractivity contribution in [1.29, 1.82) is 0 Å². The minimum absolute atomic E-state index is 0.133. The molecule has 1 saturated heterocycles. The van der Waals surface area contributed by atoms with Crippen LogP contribution in [0.4, 0.5) is 11.4 Å². The average Bonchev–Trinajstić information content (AvgIpc) is 3.03. The first kappa shape index (κ1) is 18.8. The van der Waals surface area contributed by atoms with Crippen LogP contribution in [0.5, 0.6) is 0 Å². The van der Waals surface area contributed by atoms with Crippen LogP contribution in [0.1, 0.15) is 23.2 Å². The Morgan fingerprint density at radius 3 is 2.71 bits per heavy atom. The molecule has 0 saturated carbocycles. The molecule has 28 heavy (non-hydrogen) atoms. The Hall–Kier alpha value is -2.51. The number of aromatic nitrogens is 1. The molecule has 1 N–H and O–H groups in total. The van der Waals surface area contributed by atoms with Crippen molar-refractivity contribution in [2.75, 3.05) is 21.9 Å². The van der Waals surface area contributed by atoms with Crippen LogP contribution in [0, 0.1) is 0 Å². The molecule has 0 spiro atoms. The molecule has 1 aromatic heterocycles. The Morgan fingerprint density at radius 1 is 1.14 bits per heavy atom. The highest BCUT2D eigenvalue weighted by Crippen LogP contribution is 2.30. The Balaban J connectivity index is 1.61. The smallest absolute Gasteiger partial charge is 0.257 e. The predicted molar refractivity (Wildman–Crippen MR) is 113 cm³/mol. The Bertz CT molecular complexity index is 1170. The summed E-state index contributed by atoms with van der Waals surface area (Å²) in [5, 5.41) is 4.06. The van der Waals surface area contributed by atoms with Crippen LogP contribution < -0.4 is 9.62 Å². The number of nitrogens with zero attached hydrogens (tertiary/aromatic N) is 2. The zero-order valence-electron chi connectivity index (χ0n) is 15.4. The number of sulfonamides is 1. The number of fused-ring (bicyclic) bond motifs is 1. The van der Waals surface area contributed by atoms with Gasteiger partial charge in [0.05, 0.1) is 27.7 Å². The summed E-state index contributed by atoms with van der Waals surface area (Å²) < 4.78 is 27.9. The number of amides is 1. The molecule has 0 aliphatic carbocycles. The topological polar surface area (TPSA) is 71.4 Å². The van der Waals surface area contributed by atoms with Gasteiger partial charge in [-0.05, 0) is 49.2 Å². The van der Waals surface area contributed by atoms with E-state index in [2.05, 4.69) is 5.32 Å². The standard InChI is InChI=1S/C20H20ClN3O3S/c1-23-11-9-16-18(5-4-6-19(16)23)22-20(25)15-8-7-14(13-17(15)21)24-10-2-3-12-28(24,26)27/h4-9,11,13H,2-3,10,12H2,1H3,(H,22,25). The molecule has 0 radical (unpaired) electrons. The maximum absolute atomic E-state index is 12.8. The van der Waals surface area contributed by atoms with E-state index < -0.39 is 10.0 Å². The molecule has 8 heteroatoms. The summed E-state index contributed by atoms with van der Waals surface area (Å²) >= 11 is 6.34. The zero-order chi connectivity index (χ0) is 19.9. The van der Waals surface area contributed by atoms with Crippen LogP contribution in [0.3, 0.4) is 0 Å². The zero-order valence-corrected chi connectivity index (χ0v) is 16.9. The highest BCUT2D eigenvalue weighted by Gasteiger charge is 2.26. The van der Waals surface area contributed by atoms with E-state index in [1.54, 1.807) is 18.2 Å². The van der Waals surface area contributed by atoms with Crippen molar-refractivity contribution in [1.82, 2.24) is 4.57 Å². The van der Waals surface area contributed by atoms with Crippen LogP contribution >= 0.6 is 11.6 Å². The lowest BCUT2D eigenvalue weighted by Gasteiger charge is -2.28. The van der Waals surface area contributed by atoms with Crippen molar-refractivity contribution in [3.63, 3.8) is 0 Å². The van der Waals surface area contributed by atoms with Crippen molar-refractivity contribution >= 4 is 49.8 Å². The van der Waals surface area contributed by atoms with Crippen molar-refractivity contribution in [3.05, 3.63) is 59.2 Å². The minimum Gasteiger partial charge on any atom is -0.350 e. The Kier molecular flexibility index (Phi) is 4.81. The summed E-state index contributed by atoms with van der Waals surface area (Å²) in [5.74, 6) is -0.206. The van der Waals surface area contributed by atoms with Gasteiger partial charge in [0.2, 0.25) is 10.0 Å². The van der Waals surface area contributed by atoms with Crippen molar-refractivity contribution in [3.8, 4) is 0 Å². The summed E-state index contributed by atoms with van der Waals surface area (Å²) in [5.41, 5.74) is 2.50. The monoisotopic (exact) mass is 417 g/mol. The maximum atomic E-state index is 12.8. The number of carbonyl (C=O) groups excluding carboxylic acids is 1. The van der Waals surface area contributed by atoms with E-state index in [4.69, 9.17) is 11.6 Å². The summed E-state index contributed by atoms with van der Waals surface area (Å²) in [6.45, 7) is 0.431. The molecule has 2 aromatic carbocycles. The fourth-order valence-electron chi connectivity index (χ4n) is 3.52. The number of hydrogen-bond donors (Lipinski definition) is 1. The fourth-order valence-corrected chi connectivity index (χ4v) is 5.42. The lowest BCUT2D eigenvalue weighted by Crippen LogP contribution is -2.37. The number of rotatable bonds is 3. The van der Waals surface area contributed by atoms with Gasteiger partial charge in [-0.1, -0.05) is 17.7 Å². The molecule has 0 atom stereocenters. The van der Waals surface area contributed by atoms with Crippen LogP contribution in [-0.2, 0) is 17.1 Å². The van der Waals surface area contributed by atoms with Gasteiger partial charge in [0.15, 0.2) is 0 Å². The second-order valence-corrected chi connectivity index (χ2v) is 9.30. The van der Waals surface area contributed by atoms with E-state index >= 15 is 0 Å². The molecule has 1 aliphatic rings. The summed E-state index contributed by atoms with van der Waals surface area (Å²) in [6, 6.07) is 12.4. The lowest BCUT2D eigenvalue weighted by atomic mass is 10.1. The number of benzene rings is 2. The van der Waals surface area contributed by atoms with E-state index in [0.717, 1.165) is 17.3 Å². The maximum Gasteiger partial charge on any atom is 0.257 e. The van der Waals surface area contributed by atoms with Gasteiger partial charge in [-0.3, -0.25) is 9.10 Å². The van der Waals surface area contributed by atoms with E-state index in [-0.39, 0.29) is 16.7 Å². The van der Waals surface area contributed by atoms with Crippen LogP contribution in [-0.4, -0.2) is 31.2 Å². The van der Waals surface area contributed by atoms with E-state index in [0.29, 0.717) is 29.9 Å². The third kappa shape index (κ3) is 3.36. The first-order valence-electron chi connectivity index (χ1n) is 9.02. The van der Waals surface area contributed by atoms with Gasteiger partial charge in [-0.15, -0.1) is 0 Å². The molecule has 1 fully saturated rings. The number of nitrogens with one attached hydrogen (secondary N) is 1. The molecule has 2 heterocycles. The fraction of sp³-hybridized carbons (Fsp3) is 0.250. The number of anilines is 2. The number of halogens is 1. The first-order chi connectivity index (χ1) is 13.4. The molecule has 4 rings (SSSR count). The third-order valence-electron chi connectivity index (χ3n) is 5.01. The average molecular weight is 418 g/mol. The van der Waals surface area contributed by atoms with Gasteiger partial charge in [0.1, 0.15) is 0 Å². The molecule has 1 amide bonds. The predicted octanol–water partition coefficient (Wildman–Crippen LogP) is 4.01. The normalized spacial score (nSPS) is 16.3. The second kappa shape index (κ2) is 7.14. The van der Waals surface area contributed by atoms with Gasteiger partial charge >= 0.3 is 0 Å². The van der Waals surface area contributed by atoms with Crippen LogP contribution in [0.15, 0.2) is 48.7 Å². The van der Waals surface area contributed by atoms with Gasteiger partial charge < -0.3 is 9.88 Å². The molecular formula is C20H20ClN3O3S. The molecule has 146 valence electrons. The van der Waals surface area contributed by atoms with Crippen LogP contribution in [0.2, 0.25) is 5.02 Å². The van der Waals surface area contributed by atoms with Gasteiger partial charge in [0.25, 0.3) is 5.91 Å². The molecule has 3 aromatic rings. The van der Waals surface area contributed by atoms with Gasteiger partial charge in [-0.25, -0.2) is 8.42 Å². The Morgan fingerprint density at radius 2 is 1.96 bits per heavy atom. The molecular weight excluding hydrogens is 398 g/mol.